The Hall–Kier alpha value is -9.48. The molecule has 0 spiro atoms. The maximum absolute atomic E-state index is 4.69. The van der Waals surface area contributed by atoms with E-state index < -0.39 is 0 Å². The van der Waals surface area contributed by atoms with Crippen LogP contribution in [0.1, 0.15) is 98.4 Å². The average molecular weight is 1920 g/mol. The van der Waals surface area contributed by atoms with E-state index in [-0.39, 0.29) is 50.9 Å². The van der Waals surface area contributed by atoms with E-state index in [4.69, 9.17) is 0 Å². The maximum atomic E-state index is 4.69. The predicted molar refractivity (Wildman–Crippen MR) is 485 cm³/mol. The summed E-state index contributed by atoms with van der Waals surface area (Å²) in [7, 11) is 9.78. The Morgan fingerprint density at radius 1 is 0.287 bits per heavy atom. The number of unbranched alkanes of at least 4 members (excludes halogenated alkanes) is 8. The van der Waals surface area contributed by atoms with Crippen molar-refractivity contribution in [1.82, 2.24) is 9.97 Å². The van der Waals surface area contributed by atoms with E-state index in [1.807, 2.05) is 249 Å². The minimum Gasteiger partial charge on any atom is -1.00 e. The van der Waals surface area contributed by atoms with Crippen LogP contribution in [0.4, 0.5) is 28.4 Å². The van der Waals surface area contributed by atoms with E-state index in [0.717, 1.165) is 109 Å². The van der Waals surface area contributed by atoms with Crippen LogP contribution in [0, 0.1) is 0 Å². The number of alkyl halides is 3. The number of hydrogen-bond donors (Lipinski definition) is 0. The summed E-state index contributed by atoms with van der Waals surface area (Å²) in [5, 5.41) is 39.1. The summed E-state index contributed by atoms with van der Waals surface area (Å²) in [4.78, 5) is 8.31. The van der Waals surface area contributed by atoms with Gasteiger partial charge in [-0.3, -0.25) is 35.0 Å². The Balaban J connectivity index is 0.000000242. The molecule has 0 amide bonds. The third-order valence-corrected chi connectivity index (χ3v) is 20.0. The van der Waals surface area contributed by atoms with E-state index in [2.05, 4.69) is 237 Å². The maximum Gasteiger partial charge on any atom is 0.213 e. The first kappa shape index (κ1) is 94.4. The van der Waals surface area contributed by atoms with Crippen LogP contribution in [0.2, 0.25) is 0 Å². The molecule has 0 radical (unpaired) electrons. The van der Waals surface area contributed by atoms with Gasteiger partial charge in [-0.1, -0.05) is 194 Å². The average Bonchev–Trinajstić information content (AvgIpc) is 0.807. The molecule has 15 nitrogen and oxygen atoms in total. The number of fused-ring (bicyclic) bond motifs is 3. The van der Waals surface area contributed by atoms with Gasteiger partial charge in [-0.05, 0) is 141 Å². The number of hydrazone groups is 5. The molecule has 21 heteroatoms. The summed E-state index contributed by atoms with van der Waals surface area (Å²) in [6, 6.07) is 90.3. The standard InChI is InChI=1S/C36H40N6.C22H25BrN3.C17H15N3.C13H13N3.C6H12Br2.3BrH/c1-39(33-15-7-5-8-16-33)37-29-31-21-26-41(27-22-31)24-13-3-4-14-25-42-28-23-32(35-19-11-12-20-36(35)42)30-38-40(2)34-17-9-6-10-18-34;1-25(20-10-4-2-5-11-20)24-18-19-14-17-26(16-9-3-8-15-23)22-13-7-6-12-21(19)22;1-20(15-7-3-2-4-8-15)19-13-14-11-12-18-17-10-6-5-9-16(14)17;1-16(13-5-3-2-4-6-13)15-11-12-7-9-14-10-8-12;7-5-3-1-2-4-6-8;;;/h5-12,15-23,26-30H,3-4,13-14,24-25H2,1-2H3;2,4-7,10-14,17-18H,3,8-9,15-16H2,1H3;2-13H,1H3;2-11H,1H3;1-6H2;3*1H/q+2;+1;;;;;;/p-3/b;;19-13+;15-11+;;;;. The first-order chi connectivity index (χ1) is 55.1. The van der Waals surface area contributed by atoms with Crippen molar-refractivity contribution in [3.05, 3.63) is 338 Å². The second-order valence-electron chi connectivity index (χ2n) is 26.5. The molecule has 5 aromatic heterocycles. The number of anilines is 5. The number of nitrogens with zero attached hydrogens (tertiary/aromatic N) is 15. The molecule has 0 bridgehead atoms. The van der Waals surface area contributed by atoms with Gasteiger partial charge in [0.15, 0.2) is 24.8 Å². The molecule has 115 heavy (non-hydrogen) atoms. The van der Waals surface area contributed by atoms with Crippen molar-refractivity contribution in [1.29, 1.82) is 0 Å². The Kier molecular flexibility index (Phi) is 45.3. The summed E-state index contributed by atoms with van der Waals surface area (Å²) < 4.78 is 6.98. The highest BCUT2D eigenvalue weighted by Gasteiger charge is 2.14. The fraction of sp³-hybridized carbons (Fsp3) is 0.234. The molecule has 0 N–H and O–H groups in total. The van der Waals surface area contributed by atoms with E-state index in [0.29, 0.717) is 0 Å². The normalized spacial score (nSPS) is 10.8. The molecule has 0 aliphatic heterocycles. The molecule has 0 aliphatic rings. The van der Waals surface area contributed by atoms with Crippen molar-refractivity contribution >= 4 is 140 Å². The smallest absolute Gasteiger partial charge is 0.213 e. The number of rotatable bonds is 32. The zero-order valence-electron chi connectivity index (χ0n) is 66.3. The van der Waals surface area contributed by atoms with Gasteiger partial charge in [-0.15, -0.1) is 0 Å². The first-order valence-corrected chi connectivity index (χ1v) is 41.8. The highest BCUT2D eigenvalue weighted by Crippen LogP contribution is 2.21. The molecular formula is C94H105Br6N15. The Bertz CT molecular complexity index is 4950. The molecule has 5 heterocycles. The molecule has 8 aromatic carbocycles. The highest BCUT2D eigenvalue weighted by atomic mass is 79.9. The summed E-state index contributed by atoms with van der Waals surface area (Å²) in [6.45, 7) is 3.10. The van der Waals surface area contributed by atoms with Crippen LogP contribution in [0.15, 0.2) is 336 Å². The number of hydrogen-bond acceptors (Lipinski definition) is 12. The zero-order chi connectivity index (χ0) is 78.4. The van der Waals surface area contributed by atoms with Gasteiger partial charge < -0.3 is 50.9 Å². The second kappa shape index (κ2) is 55.1. The van der Waals surface area contributed by atoms with Crippen LogP contribution < -0.4 is 89.7 Å². The number of aromatic nitrogens is 5. The Morgan fingerprint density at radius 3 is 0.974 bits per heavy atom. The minimum atomic E-state index is 0. The van der Waals surface area contributed by atoms with Crippen molar-refractivity contribution in [2.24, 2.45) is 25.5 Å². The number of pyridine rings is 5. The topological polar surface area (TPSA) is 115 Å². The van der Waals surface area contributed by atoms with Gasteiger partial charge in [-0.25, -0.2) is 4.57 Å². The molecule has 13 aromatic rings. The van der Waals surface area contributed by atoms with Gasteiger partial charge in [0.2, 0.25) is 11.0 Å². The van der Waals surface area contributed by atoms with Crippen LogP contribution in [0.25, 0.3) is 32.7 Å². The number of aryl methyl sites for hydroxylation is 3. The summed E-state index contributed by atoms with van der Waals surface area (Å²) in [6.07, 6.45) is 37.3. The van der Waals surface area contributed by atoms with Crippen LogP contribution in [0.5, 0.6) is 0 Å². The van der Waals surface area contributed by atoms with Crippen LogP contribution in [-0.4, -0.2) is 92.3 Å². The largest absolute Gasteiger partial charge is 1.00 e. The zero-order valence-corrected chi connectivity index (χ0v) is 75.8. The molecular weight excluding hydrogens is 1820 g/mol. The number of para-hydroxylation sites is 8. The first-order valence-electron chi connectivity index (χ1n) is 38.5. The number of benzene rings is 8. The summed E-state index contributed by atoms with van der Waals surface area (Å²) in [5.74, 6) is 0. The summed E-state index contributed by atoms with van der Waals surface area (Å²) in [5.41, 5.74) is 14.3. The lowest BCUT2D eigenvalue weighted by Crippen LogP contribution is -3.00. The Labute approximate surface area is 738 Å². The monoisotopic (exact) mass is 1920 g/mol. The van der Waals surface area contributed by atoms with Crippen molar-refractivity contribution in [3.8, 4) is 0 Å². The van der Waals surface area contributed by atoms with Gasteiger partial charge >= 0.3 is 0 Å². The fourth-order valence-corrected chi connectivity index (χ4v) is 13.1. The SMILES string of the molecule is BrCCCCCCBr.CN(/N=C/c1cc[n+](CCCCCBr)c2ccccc12)c1ccccc1.CN(/N=C/c1cc[n+](CCCCCC[n+]2ccc(/C=N/N(C)c3ccccc3)c3ccccc32)cc1)c1ccccc1.CN(/N=C/c1ccnc2ccccc12)c1ccccc1.CN(/N=C/c1ccncc1)c1ccccc1.[Br-].[Br-].[Br-]. The minimum absolute atomic E-state index is 0. The highest BCUT2D eigenvalue weighted by molar-refractivity contribution is 9.09. The third-order valence-electron chi connectivity index (χ3n) is 18.4. The van der Waals surface area contributed by atoms with Gasteiger partial charge in [0, 0.05) is 153 Å². The van der Waals surface area contributed by atoms with Gasteiger partial charge in [0.05, 0.1) is 75.8 Å². The predicted octanol–water partition coefficient (Wildman–Crippen LogP) is 12.4. The van der Waals surface area contributed by atoms with Crippen molar-refractivity contribution < 1.29 is 64.6 Å². The lowest BCUT2D eigenvalue weighted by molar-refractivity contribution is -0.697. The molecule has 598 valence electrons. The van der Waals surface area contributed by atoms with E-state index >= 15 is 0 Å². The molecule has 0 atom stereocenters. The quantitative estimate of drug-likeness (QED) is 0.0136. The van der Waals surface area contributed by atoms with E-state index in [9.17, 15) is 0 Å². The third kappa shape index (κ3) is 33.0. The lowest BCUT2D eigenvalue weighted by Gasteiger charge is -2.12. The number of halogens is 6. The Morgan fingerprint density at radius 2 is 0.591 bits per heavy atom. The second-order valence-corrected chi connectivity index (χ2v) is 28.9. The van der Waals surface area contributed by atoms with Crippen LogP contribution >= 0.6 is 47.8 Å². The van der Waals surface area contributed by atoms with Gasteiger partial charge in [-0.2, -0.15) is 34.6 Å². The van der Waals surface area contributed by atoms with E-state index in [1.165, 1.54) is 86.0 Å². The molecule has 0 fully saturated rings. The van der Waals surface area contributed by atoms with Crippen molar-refractivity contribution in [2.75, 3.05) is 76.3 Å². The van der Waals surface area contributed by atoms with E-state index in [1.54, 1.807) is 12.4 Å². The van der Waals surface area contributed by atoms with Crippen molar-refractivity contribution in [2.45, 2.75) is 90.3 Å². The molecule has 0 saturated carbocycles. The summed E-state index contributed by atoms with van der Waals surface area (Å²) >= 11 is 10.3. The van der Waals surface area contributed by atoms with Gasteiger partial charge in [0.25, 0.3) is 0 Å². The fourth-order valence-electron chi connectivity index (χ4n) is 11.9. The van der Waals surface area contributed by atoms with Crippen LogP contribution in [-0.2, 0) is 19.6 Å². The lowest BCUT2D eigenvalue weighted by atomic mass is 10.1. The molecule has 0 saturated heterocycles. The molecule has 0 aliphatic carbocycles. The molecule has 0 unspecified atom stereocenters. The molecule has 13 rings (SSSR count). The van der Waals surface area contributed by atoms with Gasteiger partial charge in [0.1, 0.15) is 19.6 Å². The van der Waals surface area contributed by atoms with Crippen molar-refractivity contribution in [3.63, 3.8) is 0 Å². The van der Waals surface area contributed by atoms with Crippen LogP contribution in [0.3, 0.4) is 0 Å².